The summed E-state index contributed by atoms with van der Waals surface area (Å²) in [6, 6.07) is 0. The van der Waals surface area contributed by atoms with E-state index in [0.717, 1.165) is 5.70 Å². The molecular formula is C12H10N+. The van der Waals surface area contributed by atoms with Crippen LogP contribution in [0.1, 0.15) is 0 Å². The topological polar surface area (TPSA) is 12.4 Å². The number of aliphatic imine (C=N–C) groups is 1. The van der Waals surface area contributed by atoms with Crippen LogP contribution in [0.15, 0.2) is 64.9 Å². The summed E-state index contributed by atoms with van der Waals surface area (Å²) in [5.41, 5.74) is 2.20. The average molecular weight is 168 g/mol. The minimum Gasteiger partial charge on any atom is -0.256 e. The molecule has 62 valence electrons. The van der Waals surface area contributed by atoms with Gasteiger partial charge < -0.3 is 0 Å². The van der Waals surface area contributed by atoms with Crippen molar-refractivity contribution in [3.8, 4) is 0 Å². The zero-order valence-corrected chi connectivity index (χ0v) is 7.22. The summed E-state index contributed by atoms with van der Waals surface area (Å²) in [6.07, 6.45) is 20.0. The van der Waals surface area contributed by atoms with Crippen molar-refractivity contribution in [3.05, 3.63) is 66.3 Å². The van der Waals surface area contributed by atoms with Gasteiger partial charge >= 0.3 is 0 Å². The number of hydrogen-bond acceptors (Lipinski definition) is 1. The molecule has 0 saturated carbocycles. The fraction of sp³-hybridized carbons (Fsp3) is 0. The second-order valence-electron chi connectivity index (χ2n) is 2.81. The van der Waals surface area contributed by atoms with Gasteiger partial charge in [-0.15, -0.1) is 0 Å². The van der Waals surface area contributed by atoms with Gasteiger partial charge in [-0.2, -0.15) is 0 Å². The van der Waals surface area contributed by atoms with Crippen LogP contribution in [0.3, 0.4) is 0 Å². The van der Waals surface area contributed by atoms with Gasteiger partial charge in [0.15, 0.2) is 0 Å². The van der Waals surface area contributed by atoms with E-state index in [1.165, 1.54) is 5.57 Å². The standard InChI is InChI=1S/C12H10N/c1-2-5-11(6-3-1)8-9-12-7-4-10-13-12/h1-10H/q+1/b12-9-. The maximum Gasteiger partial charge on any atom is 0.0961 e. The predicted octanol–water partition coefficient (Wildman–Crippen LogP) is 2.77. The summed E-state index contributed by atoms with van der Waals surface area (Å²) in [6.45, 7) is 0. The van der Waals surface area contributed by atoms with Gasteiger partial charge in [0, 0.05) is 49.1 Å². The Hall–Kier alpha value is -1.76. The second-order valence-corrected chi connectivity index (χ2v) is 2.81. The zero-order valence-electron chi connectivity index (χ0n) is 7.22. The van der Waals surface area contributed by atoms with Crippen molar-refractivity contribution in [2.24, 2.45) is 4.99 Å². The molecular weight excluding hydrogens is 158 g/mol. The smallest absolute Gasteiger partial charge is 0.0961 e. The van der Waals surface area contributed by atoms with Crippen LogP contribution in [0.2, 0.25) is 0 Å². The van der Waals surface area contributed by atoms with Crippen molar-refractivity contribution in [1.82, 2.24) is 0 Å². The molecule has 0 radical (unpaired) electrons. The fourth-order valence-corrected chi connectivity index (χ4v) is 1.16. The van der Waals surface area contributed by atoms with Gasteiger partial charge in [0.25, 0.3) is 0 Å². The highest BCUT2D eigenvalue weighted by Crippen LogP contribution is 2.11. The lowest BCUT2D eigenvalue weighted by Gasteiger charge is -1.90. The molecule has 1 aliphatic heterocycles. The lowest BCUT2D eigenvalue weighted by Crippen LogP contribution is -1.80. The highest BCUT2D eigenvalue weighted by Gasteiger charge is 2.00. The molecule has 0 fully saturated rings. The first kappa shape index (κ1) is 7.87. The van der Waals surface area contributed by atoms with Crippen molar-refractivity contribution in [3.63, 3.8) is 0 Å². The SMILES string of the molecule is C1=C[CH+]C(=C/C=C2/C=CC=N2)C=C1. The Balaban J connectivity index is 2.08. The molecule has 0 bridgehead atoms. The molecule has 0 aromatic carbocycles. The van der Waals surface area contributed by atoms with Crippen LogP contribution in [0.4, 0.5) is 0 Å². The summed E-state index contributed by atoms with van der Waals surface area (Å²) >= 11 is 0. The Morgan fingerprint density at radius 1 is 1.08 bits per heavy atom. The van der Waals surface area contributed by atoms with Crippen molar-refractivity contribution in [2.45, 2.75) is 0 Å². The van der Waals surface area contributed by atoms with Gasteiger partial charge in [0.05, 0.1) is 11.3 Å². The van der Waals surface area contributed by atoms with Gasteiger partial charge in [-0.25, -0.2) is 0 Å². The van der Waals surface area contributed by atoms with Crippen LogP contribution in [0.25, 0.3) is 0 Å². The molecule has 2 aliphatic rings. The lowest BCUT2D eigenvalue weighted by atomic mass is 10.1. The third kappa shape index (κ3) is 2.09. The Morgan fingerprint density at radius 2 is 2.08 bits per heavy atom. The normalized spacial score (nSPS) is 24.6. The molecule has 0 amide bonds. The molecule has 1 heterocycles. The number of nitrogens with zero attached hydrogens (tertiary/aromatic N) is 1. The molecule has 13 heavy (non-hydrogen) atoms. The molecule has 1 nitrogen and oxygen atoms in total. The van der Waals surface area contributed by atoms with E-state index in [2.05, 4.69) is 23.6 Å². The van der Waals surface area contributed by atoms with Gasteiger partial charge in [-0.1, -0.05) is 0 Å². The number of allylic oxidation sites excluding steroid dienone is 9. The van der Waals surface area contributed by atoms with Crippen molar-refractivity contribution in [1.29, 1.82) is 0 Å². The van der Waals surface area contributed by atoms with E-state index in [1.807, 2.05) is 36.5 Å². The molecule has 0 aromatic heterocycles. The van der Waals surface area contributed by atoms with Gasteiger partial charge in [0.2, 0.25) is 0 Å². The summed E-state index contributed by atoms with van der Waals surface area (Å²) < 4.78 is 0. The highest BCUT2D eigenvalue weighted by atomic mass is 14.7. The van der Waals surface area contributed by atoms with E-state index in [9.17, 15) is 0 Å². The third-order valence-corrected chi connectivity index (χ3v) is 1.82. The predicted molar refractivity (Wildman–Crippen MR) is 56.4 cm³/mol. The molecule has 0 N–H and O–H groups in total. The quantitative estimate of drug-likeness (QED) is 0.534. The highest BCUT2D eigenvalue weighted by molar-refractivity contribution is 5.77. The Kier molecular flexibility index (Phi) is 2.28. The molecule has 2 rings (SSSR count). The first-order valence-corrected chi connectivity index (χ1v) is 4.26. The van der Waals surface area contributed by atoms with E-state index in [1.54, 1.807) is 6.21 Å². The zero-order chi connectivity index (χ0) is 8.93. The van der Waals surface area contributed by atoms with Crippen molar-refractivity contribution in [2.75, 3.05) is 0 Å². The fourth-order valence-electron chi connectivity index (χ4n) is 1.16. The van der Waals surface area contributed by atoms with E-state index >= 15 is 0 Å². The maximum atomic E-state index is 4.14. The summed E-state index contributed by atoms with van der Waals surface area (Å²) in [7, 11) is 0. The molecule has 0 aromatic rings. The van der Waals surface area contributed by atoms with Crippen LogP contribution < -0.4 is 0 Å². The van der Waals surface area contributed by atoms with Gasteiger partial charge in [0.1, 0.15) is 0 Å². The molecule has 0 spiro atoms. The minimum atomic E-state index is 1.00. The summed E-state index contributed by atoms with van der Waals surface area (Å²) in [4.78, 5) is 4.14. The van der Waals surface area contributed by atoms with Gasteiger partial charge in [-0.3, -0.25) is 4.99 Å². The van der Waals surface area contributed by atoms with Gasteiger partial charge in [-0.05, 0) is 12.2 Å². The van der Waals surface area contributed by atoms with E-state index in [4.69, 9.17) is 0 Å². The summed E-state index contributed by atoms with van der Waals surface area (Å²) in [5.74, 6) is 0. The number of rotatable bonds is 1. The Labute approximate surface area is 78.2 Å². The van der Waals surface area contributed by atoms with E-state index < -0.39 is 0 Å². The van der Waals surface area contributed by atoms with Crippen molar-refractivity contribution >= 4 is 6.21 Å². The summed E-state index contributed by atoms with van der Waals surface area (Å²) in [5, 5.41) is 0. The third-order valence-electron chi connectivity index (χ3n) is 1.82. The molecule has 0 unspecified atom stereocenters. The largest absolute Gasteiger partial charge is 0.256 e. The van der Waals surface area contributed by atoms with Crippen LogP contribution in [0.5, 0.6) is 0 Å². The van der Waals surface area contributed by atoms with Crippen LogP contribution in [0, 0.1) is 6.42 Å². The second kappa shape index (κ2) is 3.76. The minimum absolute atomic E-state index is 1.00. The Morgan fingerprint density at radius 3 is 2.77 bits per heavy atom. The molecule has 0 saturated heterocycles. The van der Waals surface area contributed by atoms with Crippen molar-refractivity contribution < 1.29 is 0 Å². The van der Waals surface area contributed by atoms with E-state index in [0.29, 0.717) is 0 Å². The van der Waals surface area contributed by atoms with Crippen LogP contribution in [-0.2, 0) is 0 Å². The number of hydrogen-bond donors (Lipinski definition) is 0. The van der Waals surface area contributed by atoms with Crippen LogP contribution >= 0.6 is 0 Å². The molecule has 1 aliphatic carbocycles. The monoisotopic (exact) mass is 168 g/mol. The molecule has 1 heteroatoms. The lowest BCUT2D eigenvalue weighted by molar-refractivity contribution is 1.44. The Bertz CT molecular complexity index is 349. The average Bonchev–Trinajstić information content (AvgIpc) is 2.69. The first-order chi connectivity index (χ1) is 6.45. The molecule has 0 atom stereocenters. The van der Waals surface area contributed by atoms with E-state index in [-0.39, 0.29) is 0 Å². The first-order valence-electron chi connectivity index (χ1n) is 4.26. The maximum absolute atomic E-state index is 4.14. The van der Waals surface area contributed by atoms with Crippen LogP contribution in [-0.4, -0.2) is 6.21 Å².